The summed E-state index contributed by atoms with van der Waals surface area (Å²) >= 11 is 0. The third-order valence-corrected chi connectivity index (χ3v) is 1.03. The van der Waals surface area contributed by atoms with Crippen molar-refractivity contribution in [2.75, 3.05) is 0 Å². The Labute approximate surface area is 72.2 Å². The molecule has 3 heteroatoms. The van der Waals surface area contributed by atoms with Crippen LogP contribution in [0.1, 0.15) is 24.3 Å². The summed E-state index contributed by atoms with van der Waals surface area (Å²) < 4.78 is 0. The highest BCUT2D eigenvalue weighted by atomic mass is 16.1. The molecule has 1 rings (SSSR count). The van der Waals surface area contributed by atoms with E-state index < -0.39 is 0 Å². The number of carbonyl (C=O) groups is 1. The summed E-state index contributed by atoms with van der Waals surface area (Å²) in [5.41, 5.74) is 0.331. The Morgan fingerprint density at radius 2 is 2.17 bits per heavy atom. The number of rotatable bonds is 1. The van der Waals surface area contributed by atoms with Gasteiger partial charge in [0.1, 0.15) is 5.69 Å². The number of hydrogen-bond donors (Lipinski definition) is 0. The molecule has 0 N–H and O–H groups in total. The van der Waals surface area contributed by atoms with Crippen molar-refractivity contribution < 1.29 is 4.79 Å². The number of aromatic nitrogens is 1. The molecule has 0 spiro atoms. The van der Waals surface area contributed by atoms with Crippen LogP contribution in [0, 0.1) is 0 Å². The molecule has 1 amide bonds. The minimum absolute atomic E-state index is 0.331. The maximum absolute atomic E-state index is 10.7. The van der Waals surface area contributed by atoms with Gasteiger partial charge in [0.2, 0.25) is 0 Å². The fourth-order valence-electron chi connectivity index (χ4n) is 0.570. The average molecular weight is 164 g/mol. The quantitative estimate of drug-likeness (QED) is 0.595. The van der Waals surface area contributed by atoms with Crippen LogP contribution in [0.25, 0.3) is 0 Å². The monoisotopic (exact) mass is 164 g/mol. The van der Waals surface area contributed by atoms with E-state index in [2.05, 4.69) is 16.7 Å². The normalized spacial score (nSPS) is 7.83. The Bertz CT molecular complexity index is 244. The first-order valence-corrected chi connectivity index (χ1v) is 3.76. The first-order valence-electron chi connectivity index (χ1n) is 3.76. The zero-order valence-electron chi connectivity index (χ0n) is 7.32. The fraction of sp³-hybridized carbons (Fsp3) is 0.222. The summed E-state index contributed by atoms with van der Waals surface area (Å²) in [4.78, 5) is 17.7. The summed E-state index contributed by atoms with van der Waals surface area (Å²) in [5.74, 6) is -0.388. The highest BCUT2D eigenvalue weighted by molar-refractivity contribution is 5.95. The van der Waals surface area contributed by atoms with Gasteiger partial charge in [0.05, 0.1) is 0 Å². The summed E-state index contributed by atoms with van der Waals surface area (Å²) in [6, 6.07) is 5.06. The van der Waals surface area contributed by atoms with Crippen LogP contribution in [-0.4, -0.2) is 17.6 Å². The Morgan fingerprint density at radius 1 is 1.50 bits per heavy atom. The molecule has 1 aromatic heterocycles. The Hall–Kier alpha value is -1.51. The fourth-order valence-corrected chi connectivity index (χ4v) is 0.570. The highest BCUT2D eigenvalue weighted by Gasteiger charge is 1.99. The van der Waals surface area contributed by atoms with Crippen molar-refractivity contribution in [2.45, 2.75) is 13.8 Å². The zero-order chi connectivity index (χ0) is 9.40. The van der Waals surface area contributed by atoms with Crippen LogP contribution in [0.2, 0.25) is 0 Å². The maximum atomic E-state index is 10.7. The number of amides is 1. The van der Waals surface area contributed by atoms with E-state index in [4.69, 9.17) is 0 Å². The minimum atomic E-state index is -0.388. The number of aliphatic imine (C=N–C) groups is 1. The maximum Gasteiger partial charge on any atom is 0.294 e. The average Bonchev–Trinajstić information content (AvgIpc) is 2.21. The molecule has 64 valence electrons. The lowest BCUT2D eigenvalue weighted by atomic mass is 10.3. The lowest BCUT2D eigenvalue weighted by molar-refractivity contribution is 0.0999. The van der Waals surface area contributed by atoms with Gasteiger partial charge < -0.3 is 0 Å². The van der Waals surface area contributed by atoms with Crippen molar-refractivity contribution >= 4 is 12.6 Å². The molecular formula is C9H12N2O. The number of hydrogen-bond acceptors (Lipinski definition) is 2. The number of pyridine rings is 1. The van der Waals surface area contributed by atoms with Gasteiger partial charge in [0.25, 0.3) is 5.91 Å². The van der Waals surface area contributed by atoms with E-state index in [1.54, 1.807) is 24.4 Å². The van der Waals surface area contributed by atoms with Crippen LogP contribution >= 0.6 is 0 Å². The van der Waals surface area contributed by atoms with E-state index in [1.807, 2.05) is 13.8 Å². The Morgan fingerprint density at radius 3 is 2.58 bits per heavy atom. The molecule has 0 unspecified atom stereocenters. The molecule has 0 radical (unpaired) electrons. The standard InChI is InChI=1S/C7H6N2O.C2H6/c1-8-7(10)6-4-2-3-5-9-6;1-2/h2-5H,1H2;1-2H3. The van der Waals surface area contributed by atoms with Gasteiger partial charge in [-0.05, 0) is 18.9 Å². The van der Waals surface area contributed by atoms with E-state index >= 15 is 0 Å². The van der Waals surface area contributed by atoms with Gasteiger partial charge in [0, 0.05) is 6.20 Å². The Balaban J connectivity index is 0.000000561. The first kappa shape index (κ1) is 10.5. The molecule has 12 heavy (non-hydrogen) atoms. The van der Waals surface area contributed by atoms with Gasteiger partial charge in [-0.3, -0.25) is 9.78 Å². The second-order valence-electron chi connectivity index (χ2n) is 1.68. The largest absolute Gasteiger partial charge is 0.294 e. The van der Waals surface area contributed by atoms with Gasteiger partial charge in [0.15, 0.2) is 0 Å². The van der Waals surface area contributed by atoms with Crippen molar-refractivity contribution in [1.29, 1.82) is 0 Å². The molecule has 0 aliphatic heterocycles. The van der Waals surface area contributed by atoms with Crippen LogP contribution in [0.5, 0.6) is 0 Å². The molecule has 3 nitrogen and oxygen atoms in total. The molecule has 0 bridgehead atoms. The predicted molar refractivity (Wildman–Crippen MR) is 49.5 cm³/mol. The van der Waals surface area contributed by atoms with Crippen LogP contribution < -0.4 is 0 Å². The third-order valence-electron chi connectivity index (χ3n) is 1.03. The molecule has 0 atom stereocenters. The zero-order valence-corrected chi connectivity index (χ0v) is 7.32. The van der Waals surface area contributed by atoms with E-state index in [0.29, 0.717) is 5.69 Å². The molecule has 0 saturated heterocycles. The van der Waals surface area contributed by atoms with E-state index in [0.717, 1.165) is 0 Å². The van der Waals surface area contributed by atoms with Gasteiger partial charge in [-0.25, -0.2) is 4.99 Å². The molecule has 1 aromatic rings. The third kappa shape index (κ3) is 3.05. The van der Waals surface area contributed by atoms with Crippen molar-refractivity contribution in [2.24, 2.45) is 4.99 Å². The van der Waals surface area contributed by atoms with Gasteiger partial charge in [-0.15, -0.1) is 0 Å². The van der Waals surface area contributed by atoms with Crippen LogP contribution in [-0.2, 0) is 0 Å². The highest BCUT2D eigenvalue weighted by Crippen LogP contribution is 1.93. The molecule has 1 heterocycles. The summed E-state index contributed by atoms with van der Waals surface area (Å²) in [5, 5.41) is 0. The van der Waals surface area contributed by atoms with Gasteiger partial charge in [-0.2, -0.15) is 0 Å². The molecule has 0 aliphatic rings. The van der Waals surface area contributed by atoms with Crippen molar-refractivity contribution in [1.82, 2.24) is 4.98 Å². The summed E-state index contributed by atoms with van der Waals surface area (Å²) in [6.45, 7) is 7.10. The SMILES string of the molecule is C=NC(=O)c1ccccn1.CC. The van der Waals surface area contributed by atoms with Crippen LogP contribution in [0.4, 0.5) is 0 Å². The summed E-state index contributed by atoms with van der Waals surface area (Å²) in [7, 11) is 0. The van der Waals surface area contributed by atoms with Crippen LogP contribution in [0.15, 0.2) is 29.4 Å². The second kappa shape index (κ2) is 6.22. The summed E-state index contributed by atoms with van der Waals surface area (Å²) in [6.07, 6.45) is 1.54. The van der Waals surface area contributed by atoms with E-state index in [1.165, 1.54) is 0 Å². The lowest BCUT2D eigenvalue weighted by Crippen LogP contribution is -1.95. The van der Waals surface area contributed by atoms with Gasteiger partial charge in [-0.1, -0.05) is 19.9 Å². The van der Waals surface area contributed by atoms with Gasteiger partial charge >= 0.3 is 0 Å². The first-order chi connectivity index (χ1) is 5.84. The van der Waals surface area contributed by atoms with Crippen molar-refractivity contribution in [3.63, 3.8) is 0 Å². The Kier molecular flexibility index (Phi) is 5.43. The molecular weight excluding hydrogens is 152 g/mol. The molecule has 0 fully saturated rings. The predicted octanol–water partition coefficient (Wildman–Crippen LogP) is 1.95. The van der Waals surface area contributed by atoms with E-state index in [9.17, 15) is 4.79 Å². The smallest absolute Gasteiger partial charge is 0.265 e. The van der Waals surface area contributed by atoms with Crippen LogP contribution in [0.3, 0.4) is 0 Å². The molecule has 0 aromatic carbocycles. The number of carbonyl (C=O) groups excluding carboxylic acids is 1. The molecule has 0 aliphatic carbocycles. The second-order valence-corrected chi connectivity index (χ2v) is 1.68. The topological polar surface area (TPSA) is 42.3 Å². The number of nitrogens with zero attached hydrogens (tertiary/aromatic N) is 2. The van der Waals surface area contributed by atoms with Crippen molar-refractivity contribution in [3.8, 4) is 0 Å². The van der Waals surface area contributed by atoms with Crippen molar-refractivity contribution in [3.05, 3.63) is 30.1 Å². The minimum Gasteiger partial charge on any atom is -0.265 e. The lowest BCUT2D eigenvalue weighted by Gasteiger charge is -1.89. The molecule has 0 saturated carbocycles. The van der Waals surface area contributed by atoms with E-state index in [-0.39, 0.29) is 5.91 Å².